The minimum atomic E-state index is -4.34. The molecule has 254 valence electrons. The maximum atomic E-state index is 13.7. The third kappa shape index (κ3) is 10.2. The molecular weight excluding hydrogens is 627 g/mol. The van der Waals surface area contributed by atoms with Gasteiger partial charge in [0.25, 0.3) is 10.1 Å². The molecule has 3 aromatic rings. The van der Waals surface area contributed by atoms with Crippen molar-refractivity contribution < 1.29 is 36.0 Å². The zero-order valence-corrected chi connectivity index (χ0v) is 29.5. The second-order valence-corrected chi connectivity index (χ2v) is 16.2. The second kappa shape index (κ2) is 16.5. The molecule has 0 fully saturated rings. The number of rotatable bonds is 17. The molecule has 2 atom stereocenters. The van der Waals surface area contributed by atoms with Crippen molar-refractivity contribution in [3.63, 3.8) is 0 Å². The first-order valence-electron chi connectivity index (χ1n) is 15.6. The fourth-order valence-corrected chi connectivity index (χ4v) is 8.13. The van der Waals surface area contributed by atoms with Crippen LogP contribution in [0, 0.1) is 6.92 Å². The third-order valence-corrected chi connectivity index (χ3v) is 10.9. The van der Waals surface area contributed by atoms with E-state index in [9.17, 15) is 27.0 Å². The minimum absolute atomic E-state index is 0.0235. The van der Waals surface area contributed by atoms with Crippen LogP contribution in [0.1, 0.15) is 87.1 Å². The number of hydrogen-bond donors (Lipinski definition) is 2. The summed E-state index contributed by atoms with van der Waals surface area (Å²) in [4.78, 5) is 0.0638. The van der Waals surface area contributed by atoms with Gasteiger partial charge in [-0.25, -0.2) is 8.42 Å². The topological polar surface area (TPSA) is 130 Å². The minimum Gasteiger partial charge on any atom is -0.389 e. The van der Waals surface area contributed by atoms with E-state index in [4.69, 9.17) is 8.92 Å². The van der Waals surface area contributed by atoms with Crippen LogP contribution in [0.15, 0.2) is 76.5 Å². The molecule has 3 aromatic carbocycles. The van der Waals surface area contributed by atoms with Crippen molar-refractivity contribution in [2.75, 3.05) is 26.3 Å². The van der Waals surface area contributed by atoms with Crippen molar-refractivity contribution in [3.05, 3.63) is 94.5 Å². The molecule has 0 spiro atoms. The SMILES string of the molecule is Cc1ccc(S(=O)(=O)N(C[C@H](O)COS(=O)(=O)c2c(C(C)C)cc(C(C)C)cc2C(C)C)C[C@@H](O)COCc2ccccc2)cc1. The Morgan fingerprint density at radius 2 is 1.24 bits per heavy atom. The molecule has 0 aliphatic rings. The molecule has 0 heterocycles. The van der Waals surface area contributed by atoms with Gasteiger partial charge in [0.05, 0.1) is 36.9 Å². The predicted octanol–water partition coefficient (Wildman–Crippen LogP) is 5.70. The van der Waals surface area contributed by atoms with Gasteiger partial charge in [-0.2, -0.15) is 12.7 Å². The van der Waals surface area contributed by atoms with Gasteiger partial charge in [-0.3, -0.25) is 4.18 Å². The largest absolute Gasteiger partial charge is 0.389 e. The van der Waals surface area contributed by atoms with Crippen LogP contribution in [0.3, 0.4) is 0 Å². The molecule has 0 radical (unpaired) electrons. The summed E-state index contributed by atoms with van der Waals surface area (Å²) in [6.07, 6.45) is -2.74. The summed E-state index contributed by atoms with van der Waals surface area (Å²) in [5.74, 6) is -0.0412. The standard InChI is InChI=1S/C35H49NO8S2/c1-24(2)29-17-33(25(3)4)35(34(18-29)26(5)6)46(41,42)44-23-31(38)20-36(45(39,40)32-15-13-27(7)14-16-32)19-30(37)22-43-21-28-11-9-8-10-12-28/h8-18,24-26,30-31,37-38H,19-23H2,1-7H3/t30-,31+/m1/s1. The molecule has 0 unspecified atom stereocenters. The quantitative estimate of drug-likeness (QED) is 0.174. The van der Waals surface area contributed by atoms with E-state index in [1.807, 2.05) is 90.9 Å². The first kappa shape index (κ1) is 37.8. The van der Waals surface area contributed by atoms with Crippen LogP contribution in [-0.2, 0) is 35.7 Å². The van der Waals surface area contributed by atoms with Crippen molar-refractivity contribution in [1.82, 2.24) is 4.31 Å². The molecule has 0 saturated heterocycles. The molecule has 0 bridgehead atoms. The highest BCUT2D eigenvalue weighted by Crippen LogP contribution is 2.36. The Hall–Kier alpha value is -2.64. The van der Waals surface area contributed by atoms with Crippen LogP contribution in [0.5, 0.6) is 0 Å². The van der Waals surface area contributed by atoms with E-state index in [0.29, 0.717) is 11.1 Å². The van der Waals surface area contributed by atoms with E-state index in [2.05, 4.69) is 0 Å². The van der Waals surface area contributed by atoms with Gasteiger partial charge in [0, 0.05) is 13.1 Å². The van der Waals surface area contributed by atoms with Gasteiger partial charge in [0.1, 0.15) is 4.90 Å². The average molecular weight is 676 g/mol. The number of hydrogen-bond acceptors (Lipinski definition) is 8. The van der Waals surface area contributed by atoms with Gasteiger partial charge >= 0.3 is 0 Å². The van der Waals surface area contributed by atoms with Crippen molar-refractivity contribution in [2.45, 2.75) is 94.8 Å². The number of aliphatic hydroxyl groups is 2. The summed E-state index contributed by atoms with van der Waals surface area (Å²) in [6, 6.07) is 19.3. The molecule has 11 heteroatoms. The highest BCUT2D eigenvalue weighted by molar-refractivity contribution is 7.89. The number of aryl methyl sites for hydroxylation is 1. The number of nitrogens with zero attached hydrogens (tertiary/aromatic N) is 1. The van der Waals surface area contributed by atoms with Gasteiger partial charge in [-0.15, -0.1) is 0 Å². The monoisotopic (exact) mass is 675 g/mol. The van der Waals surface area contributed by atoms with Crippen molar-refractivity contribution >= 4 is 20.1 Å². The molecule has 2 N–H and O–H groups in total. The smallest absolute Gasteiger partial charge is 0.297 e. The van der Waals surface area contributed by atoms with Crippen LogP contribution in [0.25, 0.3) is 0 Å². The van der Waals surface area contributed by atoms with Crippen LogP contribution in [-0.4, -0.2) is 69.9 Å². The van der Waals surface area contributed by atoms with Crippen LogP contribution >= 0.6 is 0 Å². The Labute approximate surface area is 275 Å². The average Bonchev–Trinajstić information content (AvgIpc) is 2.99. The fraction of sp³-hybridized carbons (Fsp3) is 0.486. The van der Waals surface area contributed by atoms with Crippen molar-refractivity contribution in [3.8, 4) is 0 Å². The summed E-state index contributed by atoms with van der Waals surface area (Å²) in [6.45, 7) is 12.1. The van der Waals surface area contributed by atoms with E-state index in [1.54, 1.807) is 12.1 Å². The molecule has 0 aliphatic heterocycles. The second-order valence-electron chi connectivity index (χ2n) is 12.7. The molecule has 0 saturated carbocycles. The summed E-state index contributed by atoms with van der Waals surface area (Å²) in [5.41, 5.74) is 4.04. The third-order valence-electron chi connectivity index (χ3n) is 7.65. The Balaban J connectivity index is 1.82. The lowest BCUT2D eigenvalue weighted by Gasteiger charge is -2.27. The van der Waals surface area contributed by atoms with Gasteiger partial charge in [0.2, 0.25) is 10.0 Å². The van der Waals surface area contributed by atoms with E-state index >= 15 is 0 Å². The number of benzene rings is 3. The zero-order valence-electron chi connectivity index (χ0n) is 27.9. The normalized spacial score (nSPS) is 14.0. The number of sulfonamides is 1. The van der Waals surface area contributed by atoms with Gasteiger partial charge in [-0.05, 0) is 59.1 Å². The maximum absolute atomic E-state index is 13.7. The van der Waals surface area contributed by atoms with Crippen LogP contribution in [0.2, 0.25) is 0 Å². The molecule has 0 aromatic heterocycles. The van der Waals surface area contributed by atoms with Gasteiger partial charge < -0.3 is 14.9 Å². The summed E-state index contributed by atoms with van der Waals surface area (Å²) in [7, 11) is -8.52. The molecule has 46 heavy (non-hydrogen) atoms. The van der Waals surface area contributed by atoms with Crippen molar-refractivity contribution in [1.29, 1.82) is 0 Å². The molecule has 9 nitrogen and oxygen atoms in total. The Morgan fingerprint density at radius 1 is 0.717 bits per heavy atom. The van der Waals surface area contributed by atoms with E-state index in [-0.39, 0.29) is 47.3 Å². The van der Waals surface area contributed by atoms with E-state index in [1.165, 1.54) is 12.1 Å². The maximum Gasteiger partial charge on any atom is 0.297 e. The summed E-state index contributed by atoms with van der Waals surface area (Å²) < 4.78 is 66.7. The predicted molar refractivity (Wildman–Crippen MR) is 180 cm³/mol. The number of aliphatic hydroxyl groups excluding tert-OH is 2. The lowest BCUT2D eigenvalue weighted by molar-refractivity contribution is 0.0137. The summed E-state index contributed by atoms with van der Waals surface area (Å²) >= 11 is 0. The molecule has 3 rings (SSSR count). The fourth-order valence-electron chi connectivity index (χ4n) is 5.00. The van der Waals surface area contributed by atoms with Crippen molar-refractivity contribution in [2.24, 2.45) is 0 Å². The molecular formula is C35H49NO8S2. The Morgan fingerprint density at radius 3 is 1.74 bits per heavy atom. The highest BCUT2D eigenvalue weighted by Gasteiger charge is 2.32. The van der Waals surface area contributed by atoms with Crippen LogP contribution < -0.4 is 0 Å². The first-order chi connectivity index (χ1) is 21.5. The summed E-state index contributed by atoms with van der Waals surface area (Å²) in [5, 5.41) is 21.7. The lowest BCUT2D eigenvalue weighted by atomic mass is 9.89. The molecule has 0 aliphatic carbocycles. The van der Waals surface area contributed by atoms with Gasteiger partial charge in [-0.1, -0.05) is 102 Å². The lowest BCUT2D eigenvalue weighted by Crippen LogP contribution is -2.44. The zero-order chi connectivity index (χ0) is 34.2. The highest BCUT2D eigenvalue weighted by atomic mass is 32.2. The molecule has 0 amide bonds. The van der Waals surface area contributed by atoms with E-state index < -0.39 is 45.5 Å². The van der Waals surface area contributed by atoms with Crippen LogP contribution in [0.4, 0.5) is 0 Å². The Kier molecular flexibility index (Phi) is 13.5. The number of ether oxygens (including phenoxy) is 1. The van der Waals surface area contributed by atoms with E-state index in [0.717, 1.165) is 21.0 Å². The van der Waals surface area contributed by atoms with Gasteiger partial charge in [0.15, 0.2) is 0 Å². The Bertz CT molecular complexity index is 1590. The first-order valence-corrected chi connectivity index (χ1v) is 18.5.